The number of amides is 3. The Morgan fingerprint density at radius 2 is 1.84 bits per heavy atom. The number of likely N-dealkylation sites (tertiary alicyclic amines) is 1. The molecule has 3 saturated heterocycles. The summed E-state index contributed by atoms with van der Waals surface area (Å²) in [4.78, 5) is 48.0. The van der Waals surface area contributed by atoms with E-state index in [4.69, 9.17) is 0 Å². The van der Waals surface area contributed by atoms with Crippen molar-refractivity contribution >= 4 is 29.5 Å². The molecule has 1 spiro atoms. The minimum absolute atomic E-state index is 0.00517. The summed E-state index contributed by atoms with van der Waals surface area (Å²) < 4.78 is -1.11. The minimum Gasteiger partial charge on any atom is -0.394 e. The highest BCUT2D eigenvalue weighted by molar-refractivity contribution is 8.02. The van der Waals surface area contributed by atoms with Crippen molar-refractivity contribution in [3.8, 4) is 0 Å². The number of carbonyl (C=O) groups is 3. The Hall–Kier alpha value is -1.80. The predicted octanol–water partition coefficient (Wildman–Crippen LogP) is 3.72. The molecule has 0 aromatic carbocycles. The molecule has 0 radical (unpaired) electrons. The van der Waals surface area contributed by atoms with Gasteiger partial charge in [-0.2, -0.15) is 0 Å². The zero-order chi connectivity index (χ0) is 27.7. The van der Waals surface area contributed by atoms with Gasteiger partial charge < -0.3 is 19.8 Å². The lowest BCUT2D eigenvalue weighted by Gasteiger charge is -2.42. The molecule has 0 saturated carbocycles. The van der Waals surface area contributed by atoms with Crippen molar-refractivity contribution in [1.29, 1.82) is 0 Å². The van der Waals surface area contributed by atoms with Gasteiger partial charge >= 0.3 is 0 Å². The number of hydrogen-bond acceptors (Lipinski definition) is 5. The van der Waals surface area contributed by atoms with Crippen LogP contribution in [0.3, 0.4) is 0 Å². The van der Waals surface area contributed by atoms with Gasteiger partial charge in [-0.3, -0.25) is 14.4 Å². The van der Waals surface area contributed by atoms with E-state index in [0.717, 1.165) is 25.7 Å². The second-order valence-corrected chi connectivity index (χ2v) is 13.4. The Balaban J connectivity index is 2.17. The van der Waals surface area contributed by atoms with Crippen LogP contribution in [-0.4, -0.2) is 91.9 Å². The van der Waals surface area contributed by atoms with Gasteiger partial charge in [0.25, 0.3) is 0 Å². The molecule has 3 fully saturated rings. The van der Waals surface area contributed by atoms with Crippen LogP contribution >= 0.6 is 11.8 Å². The van der Waals surface area contributed by atoms with Crippen molar-refractivity contribution in [1.82, 2.24) is 14.7 Å². The van der Waals surface area contributed by atoms with Crippen molar-refractivity contribution in [3.05, 3.63) is 25.3 Å². The van der Waals surface area contributed by atoms with Crippen LogP contribution in [0.25, 0.3) is 0 Å². The Kier molecular flexibility index (Phi) is 9.26. The van der Waals surface area contributed by atoms with E-state index in [9.17, 15) is 19.5 Å². The largest absolute Gasteiger partial charge is 0.394 e. The van der Waals surface area contributed by atoms with E-state index in [0.29, 0.717) is 19.5 Å². The fourth-order valence-corrected chi connectivity index (χ4v) is 9.40. The number of fused-ring (bicyclic) bond motifs is 1. The molecular weight excluding hydrogens is 486 g/mol. The maximum Gasteiger partial charge on any atom is 0.247 e. The van der Waals surface area contributed by atoms with Crippen LogP contribution in [0, 0.1) is 17.8 Å². The molecule has 3 amide bonds. The smallest absolute Gasteiger partial charge is 0.247 e. The van der Waals surface area contributed by atoms with Gasteiger partial charge in [0.15, 0.2) is 0 Å². The molecule has 3 unspecified atom stereocenters. The van der Waals surface area contributed by atoms with Gasteiger partial charge in [-0.05, 0) is 39.0 Å². The van der Waals surface area contributed by atoms with Crippen LogP contribution in [0.2, 0.25) is 0 Å². The first-order chi connectivity index (χ1) is 17.5. The highest BCUT2D eigenvalue weighted by atomic mass is 32.2. The molecule has 1 N–H and O–H groups in total. The summed E-state index contributed by atoms with van der Waals surface area (Å²) >= 11 is 1.68. The zero-order valence-electron chi connectivity index (χ0n) is 23.6. The average Bonchev–Trinajstić information content (AvgIpc) is 3.43. The molecule has 2 bridgehead atoms. The predicted molar refractivity (Wildman–Crippen MR) is 150 cm³/mol. The number of aliphatic hydroxyl groups is 1. The quantitative estimate of drug-likeness (QED) is 0.365. The first-order valence-corrected chi connectivity index (χ1v) is 14.7. The van der Waals surface area contributed by atoms with Crippen LogP contribution in [0.5, 0.6) is 0 Å². The molecule has 0 aromatic rings. The summed E-state index contributed by atoms with van der Waals surface area (Å²) in [7, 11) is 1.75. The second kappa shape index (κ2) is 11.5. The summed E-state index contributed by atoms with van der Waals surface area (Å²) in [5, 5.41) is 10.5. The molecule has 208 valence electrons. The molecule has 3 rings (SSSR count). The lowest BCUT2D eigenvalue weighted by molar-refractivity contribution is -0.149. The van der Waals surface area contributed by atoms with Crippen molar-refractivity contribution < 1.29 is 19.5 Å². The molecule has 3 aliphatic rings. The number of rotatable bonds is 13. The molecular formula is C29H47N3O4S. The zero-order valence-corrected chi connectivity index (χ0v) is 24.4. The van der Waals surface area contributed by atoms with Crippen molar-refractivity contribution in [2.45, 2.75) is 94.3 Å². The standard InChI is InChI=1S/C29H47N3O4S/c1-9-13-20(6)31(17-11-3)27(36)24-29-15-14-28(7,37-29)22(25(34)30(8)16-10-2)23(29)26(35)32(24)21(18-33)19(5)12-4/h10-11,19-24,33H,2-3,9,12-18H2,1,4-8H3/t19-,20?,21-,22-,23-,24?,28+,29?/m0/s1. The lowest BCUT2D eigenvalue weighted by Crippen LogP contribution is -2.59. The highest BCUT2D eigenvalue weighted by Crippen LogP contribution is 2.72. The summed E-state index contributed by atoms with van der Waals surface area (Å²) in [6, 6.07) is -1.20. The van der Waals surface area contributed by atoms with E-state index >= 15 is 0 Å². The van der Waals surface area contributed by atoms with Crippen molar-refractivity contribution in [2.75, 3.05) is 26.7 Å². The van der Waals surface area contributed by atoms with Gasteiger partial charge in [-0.1, -0.05) is 45.8 Å². The van der Waals surface area contributed by atoms with E-state index in [1.165, 1.54) is 0 Å². The third-order valence-corrected chi connectivity index (χ3v) is 11.2. The fraction of sp³-hybridized carbons (Fsp3) is 0.759. The summed E-state index contributed by atoms with van der Waals surface area (Å²) in [6.45, 7) is 18.6. The third-order valence-electron chi connectivity index (χ3n) is 9.19. The van der Waals surface area contributed by atoms with Gasteiger partial charge in [0.2, 0.25) is 17.7 Å². The lowest BCUT2D eigenvalue weighted by atomic mass is 9.66. The Bertz CT molecular complexity index is 912. The summed E-state index contributed by atoms with van der Waals surface area (Å²) in [5.74, 6) is -1.38. The van der Waals surface area contributed by atoms with E-state index in [1.807, 2.05) is 18.7 Å². The third kappa shape index (κ3) is 4.77. The SMILES string of the molecule is C=CCN(C)C(=O)[C@@H]1[C@H]2C(=O)N([C@@H](CO)[C@@H](C)CC)C(C(=O)N(CC=C)C(C)CCC)C23CC[C@@]1(C)S3. The number of aliphatic hydroxyl groups excluding tert-OH is 1. The van der Waals surface area contributed by atoms with Gasteiger partial charge in [0, 0.05) is 30.9 Å². The first kappa shape index (κ1) is 29.8. The van der Waals surface area contributed by atoms with Gasteiger partial charge in [0.1, 0.15) is 6.04 Å². The maximum atomic E-state index is 14.6. The number of thioether (sulfide) groups is 1. The van der Waals surface area contributed by atoms with Crippen molar-refractivity contribution in [2.24, 2.45) is 17.8 Å². The molecule has 0 aliphatic carbocycles. The fourth-order valence-electron chi connectivity index (χ4n) is 7.07. The van der Waals surface area contributed by atoms with Gasteiger partial charge in [0.05, 0.1) is 29.2 Å². The molecule has 8 atom stereocenters. The molecule has 8 heteroatoms. The summed E-state index contributed by atoms with van der Waals surface area (Å²) in [5.41, 5.74) is 0. The van der Waals surface area contributed by atoms with E-state index in [2.05, 4.69) is 33.9 Å². The first-order valence-electron chi connectivity index (χ1n) is 13.9. The van der Waals surface area contributed by atoms with Crippen molar-refractivity contribution in [3.63, 3.8) is 0 Å². The van der Waals surface area contributed by atoms with E-state index in [1.54, 1.807) is 40.8 Å². The van der Waals surface area contributed by atoms with Crippen LogP contribution in [0.15, 0.2) is 25.3 Å². The van der Waals surface area contributed by atoms with E-state index in [-0.39, 0.29) is 36.3 Å². The van der Waals surface area contributed by atoms with Gasteiger partial charge in [-0.15, -0.1) is 24.9 Å². The Morgan fingerprint density at radius 1 is 1.19 bits per heavy atom. The maximum absolute atomic E-state index is 14.6. The Morgan fingerprint density at radius 3 is 2.38 bits per heavy atom. The van der Waals surface area contributed by atoms with Crippen LogP contribution < -0.4 is 0 Å². The average molecular weight is 534 g/mol. The second-order valence-electron chi connectivity index (χ2n) is 11.5. The Labute approximate surface area is 227 Å². The van der Waals surface area contributed by atoms with Crippen LogP contribution in [0.4, 0.5) is 0 Å². The number of likely N-dealkylation sites (N-methyl/N-ethyl adjacent to an activating group) is 1. The topological polar surface area (TPSA) is 81.2 Å². The minimum atomic E-state index is -0.718. The van der Waals surface area contributed by atoms with Gasteiger partial charge in [-0.25, -0.2) is 0 Å². The number of carbonyl (C=O) groups excluding carboxylic acids is 3. The molecule has 7 nitrogen and oxygen atoms in total. The normalized spacial score (nSPS) is 32.6. The molecule has 3 heterocycles. The van der Waals surface area contributed by atoms with E-state index < -0.39 is 33.4 Å². The molecule has 3 aliphatic heterocycles. The highest BCUT2D eigenvalue weighted by Gasteiger charge is 2.78. The molecule has 37 heavy (non-hydrogen) atoms. The monoisotopic (exact) mass is 533 g/mol. The summed E-state index contributed by atoms with van der Waals surface area (Å²) in [6.07, 6.45) is 7.48. The number of hydrogen-bond donors (Lipinski definition) is 1. The molecule has 0 aromatic heterocycles. The van der Waals surface area contributed by atoms with Crippen LogP contribution in [0.1, 0.15) is 66.7 Å². The van der Waals surface area contributed by atoms with Crippen LogP contribution in [-0.2, 0) is 14.4 Å². The number of nitrogens with zero attached hydrogens (tertiary/aromatic N) is 3.